The van der Waals surface area contributed by atoms with Crippen molar-refractivity contribution >= 4 is 23.5 Å². The standard InChI is InChI=1S/C21H26N2O3S/c1-22-20(24)23(2)17-7-9-18(10-8-17)27-19-6-4-5-16(15-19)21(25-3)11-13-26-14-12-21/h4-10,15H,11-14H2,1-3H3,(H,22,24). The second-order valence-corrected chi connectivity index (χ2v) is 7.70. The zero-order valence-electron chi connectivity index (χ0n) is 16.0. The Balaban J connectivity index is 1.75. The molecular weight excluding hydrogens is 360 g/mol. The highest BCUT2D eigenvalue weighted by Gasteiger charge is 2.34. The van der Waals surface area contributed by atoms with Crippen molar-refractivity contribution in [2.24, 2.45) is 0 Å². The van der Waals surface area contributed by atoms with Crippen molar-refractivity contribution in [3.05, 3.63) is 54.1 Å². The lowest BCUT2D eigenvalue weighted by Gasteiger charge is -2.36. The van der Waals surface area contributed by atoms with Gasteiger partial charge in [0.1, 0.15) is 0 Å². The number of nitrogens with zero attached hydrogens (tertiary/aromatic N) is 1. The van der Waals surface area contributed by atoms with Crippen LogP contribution in [0.4, 0.5) is 10.5 Å². The molecule has 1 aliphatic heterocycles. The second kappa shape index (κ2) is 8.78. The summed E-state index contributed by atoms with van der Waals surface area (Å²) in [6.45, 7) is 1.46. The van der Waals surface area contributed by atoms with Gasteiger partial charge in [0.15, 0.2) is 0 Å². The second-order valence-electron chi connectivity index (χ2n) is 6.55. The smallest absolute Gasteiger partial charge is 0.321 e. The fraction of sp³-hybridized carbons (Fsp3) is 0.381. The van der Waals surface area contributed by atoms with Gasteiger partial charge in [0.05, 0.1) is 5.60 Å². The molecular formula is C21H26N2O3S. The van der Waals surface area contributed by atoms with Crippen LogP contribution < -0.4 is 10.2 Å². The van der Waals surface area contributed by atoms with Gasteiger partial charge in [-0.3, -0.25) is 4.90 Å². The molecule has 27 heavy (non-hydrogen) atoms. The molecule has 0 aliphatic carbocycles. The van der Waals surface area contributed by atoms with E-state index in [4.69, 9.17) is 9.47 Å². The minimum atomic E-state index is -0.255. The molecule has 1 aliphatic rings. The third-order valence-corrected chi connectivity index (χ3v) is 6.03. The molecule has 2 amide bonds. The van der Waals surface area contributed by atoms with Crippen molar-refractivity contribution < 1.29 is 14.3 Å². The minimum Gasteiger partial charge on any atom is -0.381 e. The Morgan fingerprint density at radius 1 is 1.15 bits per heavy atom. The van der Waals surface area contributed by atoms with Crippen LogP contribution in [0.3, 0.4) is 0 Å². The molecule has 0 aromatic heterocycles. The van der Waals surface area contributed by atoms with Crippen LogP contribution in [0.1, 0.15) is 18.4 Å². The average molecular weight is 387 g/mol. The quantitative estimate of drug-likeness (QED) is 0.834. The molecule has 2 aromatic rings. The average Bonchev–Trinajstić information content (AvgIpc) is 2.74. The van der Waals surface area contributed by atoms with Crippen molar-refractivity contribution in [1.82, 2.24) is 5.32 Å². The zero-order chi connectivity index (χ0) is 19.3. The Labute approximate surface area is 165 Å². The van der Waals surface area contributed by atoms with Crippen LogP contribution in [0.2, 0.25) is 0 Å². The summed E-state index contributed by atoms with van der Waals surface area (Å²) in [5, 5.41) is 2.63. The van der Waals surface area contributed by atoms with Gasteiger partial charge >= 0.3 is 6.03 Å². The molecule has 0 bridgehead atoms. The summed E-state index contributed by atoms with van der Waals surface area (Å²) in [5.74, 6) is 0. The Morgan fingerprint density at radius 3 is 2.48 bits per heavy atom. The molecule has 0 unspecified atom stereocenters. The summed E-state index contributed by atoms with van der Waals surface area (Å²) in [4.78, 5) is 15.6. The maximum absolute atomic E-state index is 11.7. The number of carbonyl (C=O) groups excluding carboxylic acids is 1. The number of amides is 2. The van der Waals surface area contributed by atoms with Crippen LogP contribution in [0.5, 0.6) is 0 Å². The maximum atomic E-state index is 11.7. The number of nitrogens with one attached hydrogen (secondary N) is 1. The summed E-state index contributed by atoms with van der Waals surface area (Å²) in [7, 11) is 5.16. The lowest BCUT2D eigenvalue weighted by Crippen LogP contribution is -2.35. The van der Waals surface area contributed by atoms with Crippen LogP contribution in [0.25, 0.3) is 0 Å². The van der Waals surface area contributed by atoms with Gasteiger partial charge in [-0.15, -0.1) is 0 Å². The van der Waals surface area contributed by atoms with E-state index in [9.17, 15) is 4.79 Å². The summed E-state index contributed by atoms with van der Waals surface area (Å²) < 4.78 is 11.4. The fourth-order valence-corrected chi connectivity index (χ4v) is 4.19. The van der Waals surface area contributed by atoms with Crippen LogP contribution in [-0.4, -0.2) is 40.5 Å². The Kier molecular flexibility index (Phi) is 6.42. The number of benzene rings is 2. The third kappa shape index (κ3) is 4.46. The number of hydrogen-bond acceptors (Lipinski definition) is 4. The number of hydrogen-bond donors (Lipinski definition) is 1. The highest BCUT2D eigenvalue weighted by Crippen LogP contribution is 2.38. The van der Waals surface area contributed by atoms with E-state index in [2.05, 4.69) is 29.6 Å². The number of rotatable bonds is 5. The summed E-state index contributed by atoms with van der Waals surface area (Å²) >= 11 is 1.70. The van der Waals surface area contributed by atoms with E-state index in [-0.39, 0.29) is 11.6 Å². The van der Waals surface area contributed by atoms with E-state index in [1.807, 2.05) is 24.3 Å². The van der Waals surface area contributed by atoms with Crippen LogP contribution in [0, 0.1) is 0 Å². The van der Waals surface area contributed by atoms with E-state index < -0.39 is 0 Å². The molecule has 1 heterocycles. The van der Waals surface area contributed by atoms with Gasteiger partial charge in [0, 0.05) is 62.7 Å². The van der Waals surface area contributed by atoms with E-state index in [1.54, 1.807) is 37.9 Å². The predicted molar refractivity (Wildman–Crippen MR) is 109 cm³/mol. The van der Waals surface area contributed by atoms with Crippen LogP contribution in [0.15, 0.2) is 58.3 Å². The molecule has 3 rings (SSSR count). The molecule has 144 valence electrons. The molecule has 6 heteroatoms. The SMILES string of the molecule is CNC(=O)N(C)c1ccc(Sc2cccc(C3(OC)CCOCC3)c2)cc1. The van der Waals surface area contributed by atoms with E-state index in [0.717, 1.165) is 36.6 Å². The molecule has 5 nitrogen and oxygen atoms in total. The molecule has 0 spiro atoms. The molecule has 1 fully saturated rings. The summed E-state index contributed by atoms with van der Waals surface area (Å²) in [6, 6.07) is 16.4. The van der Waals surface area contributed by atoms with Gasteiger partial charge in [0.25, 0.3) is 0 Å². The van der Waals surface area contributed by atoms with Crippen molar-refractivity contribution in [2.75, 3.05) is 39.3 Å². The monoisotopic (exact) mass is 386 g/mol. The Morgan fingerprint density at radius 2 is 1.85 bits per heavy atom. The van der Waals surface area contributed by atoms with Crippen LogP contribution >= 0.6 is 11.8 Å². The first-order chi connectivity index (χ1) is 13.1. The molecule has 1 saturated heterocycles. The van der Waals surface area contributed by atoms with Crippen molar-refractivity contribution in [1.29, 1.82) is 0 Å². The van der Waals surface area contributed by atoms with Crippen molar-refractivity contribution in [2.45, 2.75) is 28.2 Å². The maximum Gasteiger partial charge on any atom is 0.321 e. The highest BCUT2D eigenvalue weighted by atomic mass is 32.2. The van der Waals surface area contributed by atoms with Crippen molar-refractivity contribution in [3.8, 4) is 0 Å². The molecule has 0 saturated carbocycles. The molecule has 1 N–H and O–H groups in total. The van der Waals surface area contributed by atoms with Crippen molar-refractivity contribution in [3.63, 3.8) is 0 Å². The predicted octanol–water partition coefficient (Wildman–Crippen LogP) is 4.27. The summed E-state index contributed by atoms with van der Waals surface area (Å²) in [6.07, 6.45) is 1.75. The van der Waals surface area contributed by atoms with Gasteiger partial charge < -0.3 is 14.8 Å². The van der Waals surface area contributed by atoms with Gasteiger partial charge in [-0.25, -0.2) is 4.79 Å². The Hall–Kier alpha value is -2.02. The Bertz CT molecular complexity index is 773. The van der Waals surface area contributed by atoms with E-state index in [0.29, 0.717) is 0 Å². The third-order valence-electron chi connectivity index (χ3n) is 5.03. The number of urea groups is 1. The highest BCUT2D eigenvalue weighted by molar-refractivity contribution is 7.99. The number of ether oxygens (including phenoxy) is 2. The normalized spacial score (nSPS) is 16.0. The van der Waals surface area contributed by atoms with Gasteiger partial charge in [-0.2, -0.15) is 0 Å². The largest absolute Gasteiger partial charge is 0.381 e. The number of methoxy groups -OCH3 is 1. The molecule has 0 atom stereocenters. The minimum absolute atomic E-state index is 0.135. The van der Waals surface area contributed by atoms with Gasteiger partial charge in [-0.05, 0) is 42.0 Å². The number of anilines is 1. The molecule has 2 aromatic carbocycles. The summed E-state index contributed by atoms with van der Waals surface area (Å²) in [5.41, 5.74) is 1.80. The van der Waals surface area contributed by atoms with E-state index in [1.165, 1.54) is 10.5 Å². The first-order valence-corrected chi connectivity index (χ1v) is 9.86. The van der Waals surface area contributed by atoms with Gasteiger partial charge in [-0.1, -0.05) is 23.9 Å². The van der Waals surface area contributed by atoms with Gasteiger partial charge in [0.2, 0.25) is 0 Å². The zero-order valence-corrected chi connectivity index (χ0v) is 16.8. The fourth-order valence-electron chi connectivity index (χ4n) is 3.31. The first-order valence-electron chi connectivity index (χ1n) is 9.05. The molecule has 0 radical (unpaired) electrons. The van der Waals surface area contributed by atoms with Crippen LogP contribution in [-0.2, 0) is 15.1 Å². The first kappa shape index (κ1) is 19.7. The van der Waals surface area contributed by atoms with E-state index >= 15 is 0 Å². The number of carbonyl (C=O) groups is 1. The lowest BCUT2D eigenvalue weighted by atomic mass is 9.86. The lowest BCUT2D eigenvalue weighted by molar-refractivity contribution is -0.0948. The topological polar surface area (TPSA) is 50.8 Å².